The molecular formula is C18H31N5S. The lowest BCUT2D eigenvalue weighted by molar-refractivity contribution is 0.463. The predicted octanol–water partition coefficient (Wildman–Crippen LogP) is 3.34. The minimum absolute atomic E-state index is 0.347. The summed E-state index contributed by atoms with van der Waals surface area (Å²) in [5.74, 6) is 2.19. The third-order valence-electron chi connectivity index (χ3n) is 5.04. The Balaban J connectivity index is 1.54. The summed E-state index contributed by atoms with van der Waals surface area (Å²) in [6.07, 6.45) is 9.95. The van der Waals surface area contributed by atoms with Crippen LogP contribution >= 0.6 is 11.8 Å². The van der Waals surface area contributed by atoms with Gasteiger partial charge in [-0.15, -0.1) is 0 Å². The van der Waals surface area contributed by atoms with Crippen molar-refractivity contribution in [3.05, 3.63) is 18.0 Å². The van der Waals surface area contributed by atoms with Gasteiger partial charge in [-0.25, -0.2) is 4.99 Å². The summed E-state index contributed by atoms with van der Waals surface area (Å²) in [6, 6.07) is 2.72. The van der Waals surface area contributed by atoms with E-state index in [1.165, 1.54) is 44.3 Å². The molecular weight excluding hydrogens is 318 g/mol. The highest BCUT2D eigenvalue weighted by atomic mass is 32.2. The van der Waals surface area contributed by atoms with Gasteiger partial charge >= 0.3 is 0 Å². The van der Waals surface area contributed by atoms with E-state index >= 15 is 0 Å². The third-order valence-corrected chi connectivity index (χ3v) is 6.57. The maximum atomic E-state index is 4.73. The first-order valence-electron chi connectivity index (χ1n) is 9.39. The largest absolute Gasteiger partial charge is 0.357 e. The fourth-order valence-corrected chi connectivity index (χ4v) is 4.83. The van der Waals surface area contributed by atoms with Gasteiger partial charge in [-0.2, -0.15) is 16.9 Å². The monoisotopic (exact) mass is 349 g/mol. The SMILES string of the molecule is CCNC(=NCc1ccn(C2CCCC2)n1)NCC1(C)CCCS1. The van der Waals surface area contributed by atoms with E-state index < -0.39 is 0 Å². The number of nitrogens with one attached hydrogen (secondary N) is 2. The van der Waals surface area contributed by atoms with Crippen LogP contribution in [0, 0.1) is 0 Å². The summed E-state index contributed by atoms with van der Waals surface area (Å²) in [5.41, 5.74) is 1.06. The predicted molar refractivity (Wildman–Crippen MR) is 103 cm³/mol. The Morgan fingerprint density at radius 2 is 2.21 bits per heavy atom. The van der Waals surface area contributed by atoms with E-state index in [4.69, 9.17) is 10.1 Å². The molecule has 24 heavy (non-hydrogen) atoms. The third kappa shape index (κ3) is 4.68. The van der Waals surface area contributed by atoms with Gasteiger partial charge < -0.3 is 10.6 Å². The van der Waals surface area contributed by atoms with Crippen molar-refractivity contribution in [1.82, 2.24) is 20.4 Å². The molecule has 0 amide bonds. The second-order valence-electron chi connectivity index (χ2n) is 7.18. The molecule has 2 N–H and O–H groups in total. The second kappa shape index (κ2) is 8.28. The summed E-state index contributed by atoms with van der Waals surface area (Å²) >= 11 is 2.08. The van der Waals surface area contributed by atoms with Crippen LogP contribution in [0.15, 0.2) is 17.3 Å². The maximum Gasteiger partial charge on any atom is 0.191 e. The molecule has 2 fully saturated rings. The molecule has 1 atom stereocenters. The average molecular weight is 350 g/mol. The Morgan fingerprint density at radius 1 is 1.38 bits per heavy atom. The lowest BCUT2D eigenvalue weighted by atomic mass is 10.1. The Morgan fingerprint density at radius 3 is 2.92 bits per heavy atom. The van der Waals surface area contributed by atoms with Crippen LogP contribution in [0.3, 0.4) is 0 Å². The highest BCUT2D eigenvalue weighted by molar-refractivity contribution is 8.00. The molecule has 0 radical (unpaired) electrons. The zero-order chi connectivity index (χ0) is 16.8. The van der Waals surface area contributed by atoms with Crippen LogP contribution < -0.4 is 10.6 Å². The molecule has 0 bridgehead atoms. The number of hydrogen-bond donors (Lipinski definition) is 2. The second-order valence-corrected chi connectivity index (χ2v) is 8.86. The van der Waals surface area contributed by atoms with Crippen molar-refractivity contribution in [3.63, 3.8) is 0 Å². The highest BCUT2D eigenvalue weighted by Gasteiger charge is 2.29. The van der Waals surface area contributed by atoms with Crippen molar-refractivity contribution in [2.24, 2.45) is 4.99 Å². The molecule has 2 aliphatic rings. The minimum Gasteiger partial charge on any atom is -0.357 e. The van der Waals surface area contributed by atoms with E-state index in [-0.39, 0.29) is 0 Å². The van der Waals surface area contributed by atoms with E-state index in [0.29, 0.717) is 17.3 Å². The zero-order valence-corrected chi connectivity index (χ0v) is 15.9. The summed E-state index contributed by atoms with van der Waals surface area (Å²) < 4.78 is 2.49. The first-order valence-corrected chi connectivity index (χ1v) is 10.4. The van der Waals surface area contributed by atoms with Gasteiger partial charge in [-0.1, -0.05) is 12.8 Å². The topological polar surface area (TPSA) is 54.2 Å². The molecule has 1 saturated heterocycles. The van der Waals surface area contributed by atoms with Gasteiger partial charge in [0.25, 0.3) is 0 Å². The Hall–Kier alpha value is -1.17. The van der Waals surface area contributed by atoms with Crippen molar-refractivity contribution >= 4 is 17.7 Å². The number of thioether (sulfide) groups is 1. The van der Waals surface area contributed by atoms with E-state index in [9.17, 15) is 0 Å². The molecule has 2 heterocycles. The zero-order valence-electron chi connectivity index (χ0n) is 15.1. The van der Waals surface area contributed by atoms with Crippen LogP contribution in [0.2, 0.25) is 0 Å². The smallest absolute Gasteiger partial charge is 0.191 e. The average Bonchev–Trinajstić information content (AvgIpc) is 3.31. The van der Waals surface area contributed by atoms with Crippen molar-refractivity contribution in [3.8, 4) is 0 Å². The van der Waals surface area contributed by atoms with Crippen molar-refractivity contribution in [1.29, 1.82) is 0 Å². The van der Waals surface area contributed by atoms with Gasteiger partial charge in [0.2, 0.25) is 0 Å². The number of aromatic nitrogens is 2. The summed E-state index contributed by atoms with van der Waals surface area (Å²) in [7, 11) is 0. The molecule has 6 heteroatoms. The summed E-state index contributed by atoms with van der Waals surface area (Å²) in [4.78, 5) is 4.73. The Kier molecular flexibility index (Phi) is 6.09. The maximum absolute atomic E-state index is 4.73. The minimum atomic E-state index is 0.347. The molecule has 1 saturated carbocycles. The molecule has 0 spiro atoms. The van der Waals surface area contributed by atoms with Gasteiger partial charge in [-0.05, 0) is 51.3 Å². The molecule has 134 valence electrons. The quantitative estimate of drug-likeness (QED) is 0.611. The Labute approximate surface area is 150 Å². The Bertz CT molecular complexity index is 541. The normalized spacial score (nSPS) is 25.3. The highest BCUT2D eigenvalue weighted by Crippen LogP contribution is 2.36. The van der Waals surface area contributed by atoms with Crippen molar-refractivity contribution in [2.45, 2.75) is 69.7 Å². The summed E-state index contributed by atoms with van der Waals surface area (Å²) in [6.45, 7) is 6.95. The number of aliphatic imine (C=N–C) groups is 1. The number of hydrogen-bond acceptors (Lipinski definition) is 3. The molecule has 1 aromatic rings. The lowest BCUT2D eigenvalue weighted by Gasteiger charge is -2.24. The molecule has 1 aromatic heterocycles. The van der Waals surface area contributed by atoms with Crippen LogP contribution in [-0.2, 0) is 6.54 Å². The fourth-order valence-electron chi connectivity index (χ4n) is 3.58. The molecule has 5 nitrogen and oxygen atoms in total. The number of guanidine groups is 1. The molecule has 0 aromatic carbocycles. The first-order chi connectivity index (χ1) is 11.7. The fraction of sp³-hybridized carbons (Fsp3) is 0.778. The number of rotatable bonds is 6. The lowest BCUT2D eigenvalue weighted by Crippen LogP contribution is -2.43. The van der Waals surface area contributed by atoms with Crippen LogP contribution in [0.4, 0.5) is 0 Å². The van der Waals surface area contributed by atoms with Gasteiger partial charge in [0.15, 0.2) is 5.96 Å². The van der Waals surface area contributed by atoms with Gasteiger partial charge in [-0.3, -0.25) is 4.68 Å². The standard InChI is InChI=1S/C18H31N5S/c1-3-19-17(21-14-18(2)10-6-12-24-18)20-13-15-9-11-23(22-15)16-7-4-5-8-16/h9,11,16H,3-8,10,12-14H2,1-2H3,(H2,19,20,21). The van der Waals surface area contributed by atoms with Crippen LogP contribution in [0.1, 0.15) is 64.1 Å². The molecule has 3 rings (SSSR count). The van der Waals surface area contributed by atoms with Crippen molar-refractivity contribution in [2.75, 3.05) is 18.8 Å². The van der Waals surface area contributed by atoms with E-state index in [2.05, 4.69) is 53.2 Å². The summed E-state index contributed by atoms with van der Waals surface area (Å²) in [5, 5.41) is 11.6. The van der Waals surface area contributed by atoms with E-state index in [1.54, 1.807) is 0 Å². The van der Waals surface area contributed by atoms with Gasteiger partial charge in [0.1, 0.15) is 0 Å². The first kappa shape index (κ1) is 17.6. The molecule has 1 aliphatic carbocycles. The van der Waals surface area contributed by atoms with Gasteiger partial charge in [0, 0.05) is 24.0 Å². The van der Waals surface area contributed by atoms with Crippen LogP contribution in [-0.4, -0.2) is 39.3 Å². The van der Waals surface area contributed by atoms with Crippen LogP contribution in [0.25, 0.3) is 0 Å². The van der Waals surface area contributed by atoms with E-state index in [0.717, 1.165) is 24.7 Å². The molecule has 1 unspecified atom stereocenters. The molecule has 1 aliphatic heterocycles. The van der Waals surface area contributed by atoms with E-state index in [1.807, 2.05) is 0 Å². The van der Waals surface area contributed by atoms with Crippen molar-refractivity contribution < 1.29 is 0 Å². The number of nitrogens with zero attached hydrogens (tertiary/aromatic N) is 3. The van der Waals surface area contributed by atoms with Gasteiger partial charge in [0.05, 0.1) is 18.3 Å². The van der Waals surface area contributed by atoms with Crippen LogP contribution in [0.5, 0.6) is 0 Å².